The summed E-state index contributed by atoms with van der Waals surface area (Å²) < 4.78 is 29.4. The van der Waals surface area contributed by atoms with E-state index in [2.05, 4.69) is 4.74 Å². The third-order valence-corrected chi connectivity index (χ3v) is 2.37. The van der Waals surface area contributed by atoms with Crippen molar-refractivity contribution in [2.24, 2.45) is 5.92 Å². The second-order valence-electron chi connectivity index (χ2n) is 3.56. The molecule has 0 radical (unpaired) electrons. The Morgan fingerprint density at radius 1 is 1.64 bits per heavy atom. The first kappa shape index (κ1) is 11.1. The Hall–Kier alpha value is -0.930. The van der Waals surface area contributed by atoms with E-state index < -0.39 is 11.8 Å². The average Bonchev–Trinajstić information content (AvgIpc) is 2.73. The second-order valence-corrected chi connectivity index (χ2v) is 3.56. The minimum atomic E-state index is -2.39. The molecule has 0 heterocycles. The number of unbranched alkanes of at least 4 members (excludes halogenated alkanes) is 1. The molecule has 80 valence electrons. The van der Waals surface area contributed by atoms with Crippen LogP contribution in [0, 0.1) is 11.3 Å². The fourth-order valence-electron chi connectivity index (χ4n) is 1.32. The van der Waals surface area contributed by atoms with E-state index in [1.165, 1.54) is 7.11 Å². The summed E-state index contributed by atoms with van der Waals surface area (Å²) >= 11 is 0. The molecule has 2 nitrogen and oxygen atoms in total. The van der Waals surface area contributed by atoms with Crippen LogP contribution in [0.15, 0.2) is 12.2 Å². The molecule has 0 amide bonds. The SMILES string of the molecule is COC(=N)/C=C\CCCC1CC1(F)F. The Kier molecular flexibility index (Phi) is 3.61. The van der Waals surface area contributed by atoms with E-state index in [0.717, 1.165) is 12.8 Å². The molecule has 0 aromatic heterocycles. The lowest BCUT2D eigenvalue weighted by Gasteiger charge is -1.96. The predicted octanol–water partition coefficient (Wildman–Crippen LogP) is 2.99. The van der Waals surface area contributed by atoms with Gasteiger partial charge < -0.3 is 4.74 Å². The van der Waals surface area contributed by atoms with Crippen LogP contribution in [-0.4, -0.2) is 18.9 Å². The molecule has 1 fully saturated rings. The van der Waals surface area contributed by atoms with Gasteiger partial charge in [-0.2, -0.15) is 0 Å². The van der Waals surface area contributed by atoms with Gasteiger partial charge in [-0.15, -0.1) is 0 Å². The van der Waals surface area contributed by atoms with Crippen LogP contribution in [0.3, 0.4) is 0 Å². The molecule has 14 heavy (non-hydrogen) atoms. The third-order valence-electron chi connectivity index (χ3n) is 2.37. The van der Waals surface area contributed by atoms with E-state index in [9.17, 15) is 8.78 Å². The van der Waals surface area contributed by atoms with Gasteiger partial charge in [-0.3, -0.25) is 5.41 Å². The lowest BCUT2D eigenvalue weighted by Crippen LogP contribution is -1.94. The van der Waals surface area contributed by atoms with Crippen molar-refractivity contribution in [2.45, 2.75) is 31.6 Å². The van der Waals surface area contributed by atoms with Gasteiger partial charge in [0, 0.05) is 12.3 Å². The fraction of sp³-hybridized carbons (Fsp3) is 0.700. The monoisotopic (exact) mass is 203 g/mol. The van der Waals surface area contributed by atoms with Crippen molar-refractivity contribution < 1.29 is 13.5 Å². The van der Waals surface area contributed by atoms with Crippen molar-refractivity contribution in [3.05, 3.63) is 12.2 Å². The number of hydrogen-bond donors (Lipinski definition) is 1. The summed E-state index contributed by atoms with van der Waals surface area (Å²) in [6, 6.07) is 0. The number of methoxy groups -OCH3 is 1. The maximum absolute atomic E-state index is 12.4. The van der Waals surface area contributed by atoms with Crippen molar-refractivity contribution in [3.8, 4) is 0 Å². The molecule has 1 unspecified atom stereocenters. The molecular weight excluding hydrogens is 188 g/mol. The van der Waals surface area contributed by atoms with Crippen molar-refractivity contribution in [1.82, 2.24) is 0 Å². The van der Waals surface area contributed by atoms with Crippen molar-refractivity contribution >= 4 is 5.90 Å². The molecule has 0 bridgehead atoms. The van der Waals surface area contributed by atoms with Gasteiger partial charge in [0.15, 0.2) is 0 Å². The molecule has 0 spiro atoms. The minimum absolute atomic E-state index is 0.0601. The summed E-state index contributed by atoms with van der Waals surface area (Å²) in [6.07, 6.45) is 5.46. The highest BCUT2D eigenvalue weighted by atomic mass is 19.3. The lowest BCUT2D eigenvalue weighted by atomic mass is 10.1. The lowest BCUT2D eigenvalue weighted by molar-refractivity contribution is 0.0966. The van der Waals surface area contributed by atoms with Crippen LogP contribution >= 0.6 is 0 Å². The maximum atomic E-state index is 12.4. The Morgan fingerprint density at radius 3 is 2.79 bits per heavy atom. The molecular formula is C10H15F2NO. The molecule has 0 aliphatic heterocycles. The van der Waals surface area contributed by atoms with Gasteiger partial charge in [0.05, 0.1) is 7.11 Å². The van der Waals surface area contributed by atoms with Gasteiger partial charge in [0.1, 0.15) is 0 Å². The highest BCUT2D eigenvalue weighted by molar-refractivity contribution is 5.84. The van der Waals surface area contributed by atoms with Gasteiger partial charge >= 0.3 is 0 Å². The normalized spacial score (nSPS) is 23.8. The second kappa shape index (κ2) is 4.53. The maximum Gasteiger partial charge on any atom is 0.251 e. The van der Waals surface area contributed by atoms with Crippen LogP contribution in [0.2, 0.25) is 0 Å². The first-order chi connectivity index (χ1) is 6.56. The number of allylic oxidation sites excluding steroid dienone is 1. The fourth-order valence-corrected chi connectivity index (χ4v) is 1.32. The molecule has 1 rings (SSSR count). The number of nitrogens with one attached hydrogen (secondary N) is 1. The van der Waals surface area contributed by atoms with Crippen molar-refractivity contribution in [1.29, 1.82) is 5.41 Å². The Labute approximate surface area is 82.5 Å². The van der Waals surface area contributed by atoms with E-state index in [0.29, 0.717) is 6.42 Å². The first-order valence-corrected chi connectivity index (χ1v) is 4.73. The van der Waals surface area contributed by atoms with Crippen molar-refractivity contribution in [3.63, 3.8) is 0 Å². The molecule has 0 aromatic rings. The Morgan fingerprint density at radius 2 is 2.29 bits per heavy atom. The molecule has 1 aliphatic rings. The first-order valence-electron chi connectivity index (χ1n) is 4.73. The van der Waals surface area contributed by atoms with E-state index in [-0.39, 0.29) is 12.3 Å². The van der Waals surface area contributed by atoms with Crippen molar-refractivity contribution in [2.75, 3.05) is 7.11 Å². The van der Waals surface area contributed by atoms with Crippen LogP contribution in [0.25, 0.3) is 0 Å². The van der Waals surface area contributed by atoms with Gasteiger partial charge in [0.25, 0.3) is 5.92 Å². The zero-order valence-corrected chi connectivity index (χ0v) is 8.22. The minimum Gasteiger partial charge on any atom is -0.481 e. The largest absolute Gasteiger partial charge is 0.481 e. The van der Waals surface area contributed by atoms with Crippen LogP contribution in [0.5, 0.6) is 0 Å². The number of halogens is 2. The van der Waals surface area contributed by atoms with Gasteiger partial charge in [-0.1, -0.05) is 6.08 Å². The predicted molar refractivity (Wildman–Crippen MR) is 50.8 cm³/mol. The molecule has 1 N–H and O–H groups in total. The molecule has 0 saturated heterocycles. The molecule has 4 heteroatoms. The highest BCUT2D eigenvalue weighted by Crippen LogP contribution is 2.51. The summed E-state index contributed by atoms with van der Waals surface area (Å²) in [4.78, 5) is 0. The Balaban J connectivity index is 2.00. The smallest absolute Gasteiger partial charge is 0.251 e. The standard InChI is InChI=1S/C10H15F2NO/c1-14-9(13)6-4-2-3-5-8-7-10(8,11)12/h4,6,8,13H,2-3,5,7H2,1H3/b6-4-,13-9?. The number of ether oxygens (including phenoxy) is 1. The quantitative estimate of drug-likeness (QED) is 0.416. The third kappa shape index (κ3) is 3.44. The van der Waals surface area contributed by atoms with Gasteiger partial charge in [-0.25, -0.2) is 8.78 Å². The topological polar surface area (TPSA) is 33.1 Å². The van der Waals surface area contributed by atoms with Gasteiger partial charge in [0.2, 0.25) is 5.90 Å². The average molecular weight is 203 g/mol. The van der Waals surface area contributed by atoms with E-state index in [4.69, 9.17) is 5.41 Å². The van der Waals surface area contributed by atoms with Crippen LogP contribution < -0.4 is 0 Å². The van der Waals surface area contributed by atoms with E-state index in [1.54, 1.807) is 12.2 Å². The number of alkyl halides is 2. The zero-order chi connectivity index (χ0) is 10.6. The number of hydrogen-bond acceptors (Lipinski definition) is 2. The summed E-state index contributed by atoms with van der Waals surface area (Å²) in [5, 5.41) is 7.10. The number of rotatable bonds is 5. The van der Waals surface area contributed by atoms with Gasteiger partial charge in [-0.05, 0) is 25.3 Å². The van der Waals surface area contributed by atoms with Crippen LogP contribution in [-0.2, 0) is 4.74 Å². The zero-order valence-electron chi connectivity index (χ0n) is 8.22. The van der Waals surface area contributed by atoms with Crippen LogP contribution in [0.1, 0.15) is 25.7 Å². The summed E-state index contributed by atoms with van der Waals surface area (Å²) in [7, 11) is 1.43. The highest BCUT2D eigenvalue weighted by Gasteiger charge is 2.55. The summed E-state index contributed by atoms with van der Waals surface area (Å²) in [5.41, 5.74) is 0. The van der Waals surface area contributed by atoms with E-state index in [1.807, 2.05) is 0 Å². The summed E-state index contributed by atoms with van der Waals surface area (Å²) in [6.45, 7) is 0. The summed E-state index contributed by atoms with van der Waals surface area (Å²) in [5.74, 6) is -2.68. The Bertz CT molecular complexity index is 238. The molecule has 0 aromatic carbocycles. The molecule has 1 aliphatic carbocycles. The molecule has 1 saturated carbocycles. The van der Waals surface area contributed by atoms with E-state index >= 15 is 0 Å². The van der Waals surface area contributed by atoms with Crippen LogP contribution in [0.4, 0.5) is 8.78 Å². The molecule has 1 atom stereocenters.